The zero-order chi connectivity index (χ0) is 22.2. The van der Waals surface area contributed by atoms with Crippen molar-refractivity contribution < 1.29 is 19.1 Å². The highest BCUT2D eigenvalue weighted by Crippen LogP contribution is 2.32. The summed E-state index contributed by atoms with van der Waals surface area (Å²) in [5.41, 5.74) is 2.13. The maximum Gasteiger partial charge on any atom is 0.416 e. The predicted octanol–water partition coefficient (Wildman–Crippen LogP) is 4.33. The number of anilines is 1. The van der Waals surface area contributed by atoms with Crippen LogP contribution in [-0.2, 0) is 9.47 Å². The summed E-state index contributed by atoms with van der Waals surface area (Å²) in [6.07, 6.45) is 3.52. The molecule has 2 heterocycles. The molecule has 0 spiro atoms. The van der Waals surface area contributed by atoms with Crippen molar-refractivity contribution in [1.82, 2.24) is 14.6 Å². The van der Waals surface area contributed by atoms with Gasteiger partial charge >= 0.3 is 12.1 Å². The van der Waals surface area contributed by atoms with Crippen LogP contribution in [0.2, 0.25) is 0 Å². The number of carbonyl (C=O) groups is 2. The van der Waals surface area contributed by atoms with Gasteiger partial charge in [0.25, 0.3) is 0 Å². The Hall–Kier alpha value is -3.42. The zero-order valence-electron chi connectivity index (χ0n) is 18.2. The summed E-state index contributed by atoms with van der Waals surface area (Å²) in [5, 5.41) is 4.71. The molecule has 0 unspecified atom stereocenters. The first-order valence-corrected chi connectivity index (χ1v) is 10.3. The molecular weight excluding hydrogens is 396 g/mol. The molecule has 0 saturated heterocycles. The van der Waals surface area contributed by atoms with Crippen molar-refractivity contribution in [2.45, 2.75) is 39.2 Å². The highest BCUT2D eigenvalue weighted by molar-refractivity contribution is 5.90. The summed E-state index contributed by atoms with van der Waals surface area (Å²) in [6, 6.07) is 10.7. The van der Waals surface area contributed by atoms with Crippen molar-refractivity contribution in [3.63, 3.8) is 0 Å². The first-order valence-electron chi connectivity index (χ1n) is 10.3. The van der Waals surface area contributed by atoms with Crippen LogP contribution in [0.3, 0.4) is 0 Å². The van der Waals surface area contributed by atoms with E-state index in [0.29, 0.717) is 29.5 Å². The molecule has 162 valence electrons. The topological polar surface area (TPSA) is 86.0 Å². The lowest BCUT2D eigenvalue weighted by molar-refractivity contribution is 0.0573. The van der Waals surface area contributed by atoms with Crippen molar-refractivity contribution in [3.8, 4) is 11.3 Å². The van der Waals surface area contributed by atoms with E-state index < -0.39 is 17.7 Å². The van der Waals surface area contributed by atoms with Crippen LogP contribution in [0.4, 0.5) is 10.6 Å². The minimum absolute atomic E-state index is 0.391. The number of esters is 1. The second-order valence-corrected chi connectivity index (χ2v) is 8.71. The van der Waals surface area contributed by atoms with Crippen LogP contribution in [0.1, 0.15) is 44.0 Å². The third-order valence-electron chi connectivity index (χ3n) is 4.98. The molecule has 1 aromatic carbocycles. The number of hydrogen-bond acceptors (Lipinski definition) is 6. The number of carbonyl (C=O) groups excluding carboxylic acids is 2. The third kappa shape index (κ3) is 4.68. The van der Waals surface area contributed by atoms with Crippen molar-refractivity contribution in [2.24, 2.45) is 5.92 Å². The number of imidazole rings is 1. The fraction of sp³-hybridized carbons (Fsp3) is 0.391. The molecule has 4 rings (SSSR count). The molecule has 8 nitrogen and oxygen atoms in total. The van der Waals surface area contributed by atoms with E-state index in [1.807, 2.05) is 39.0 Å². The summed E-state index contributed by atoms with van der Waals surface area (Å²) in [6.45, 7) is 6.12. The van der Waals surface area contributed by atoms with Crippen molar-refractivity contribution >= 4 is 23.5 Å². The third-order valence-corrected chi connectivity index (χ3v) is 4.98. The quantitative estimate of drug-likeness (QED) is 0.569. The second kappa shape index (κ2) is 8.02. The molecule has 1 saturated carbocycles. The van der Waals surface area contributed by atoms with Crippen LogP contribution < -0.4 is 4.90 Å². The molecule has 0 atom stereocenters. The van der Waals surface area contributed by atoms with Gasteiger partial charge in [-0.25, -0.2) is 19.1 Å². The molecular formula is C23H26N4O4. The summed E-state index contributed by atoms with van der Waals surface area (Å²) >= 11 is 0. The van der Waals surface area contributed by atoms with E-state index in [1.54, 1.807) is 33.8 Å². The predicted molar refractivity (Wildman–Crippen MR) is 116 cm³/mol. The number of benzene rings is 1. The average Bonchev–Trinajstić information content (AvgIpc) is 3.46. The van der Waals surface area contributed by atoms with E-state index in [0.717, 1.165) is 24.1 Å². The van der Waals surface area contributed by atoms with Crippen molar-refractivity contribution in [3.05, 3.63) is 48.2 Å². The minimum atomic E-state index is -0.593. The Morgan fingerprint density at radius 3 is 2.45 bits per heavy atom. The summed E-state index contributed by atoms with van der Waals surface area (Å²) < 4.78 is 12.1. The highest BCUT2D eigenvalue weighted by Gasteiger charge is 2.31. The smallest absolute Gasteiger partial charge is 0.416 e. The number of rotatable bonds is 5. The number of nitrogens with zero attached hydrogens (tertiary/aromatic N) is 4. The van der Waals surface area contributed by atoms with Gasteiger partial charge in [0.1, 0.15) is 5.60 Å². The molecule has 1 amide bonds. The molecule has 0 N–H and O–H groups in total. The molecule has 8 heteroatoms. The molecule has 31 heavy (non-hydrogen) atoms. The Balaban J connectivity index is 1.69. The molecule has 0 aliphatic heterocycles. The summed E-state index contributed by atoms with van der Waals surface area (Å²) in [7, 11) is 1.35. The van der Waals surface area contributed by atoms with Gasteiger partial charge in [-0.15, -0.1) is 5.10 Å². The van der Waals surface area contributed by atoms with E-state index in [2.05, 4.69) is 4.98 Å². The number of hydrogen-bond donors (Lipinski definition) is 0. The fourth-order valence-corrected chi connectivity index (χ4v) is 3.24. The Morgan fingerprint density at radius 2 is 1.84 bits per heavy atom. The van der Waals surface area contributed by atoms with Gasteiger partial charge in [0.05, 0.1) is 24.6 Å². The number of fused-ring (bicyclic) bond motifs is 1. The van der Waals surface area contributed by atoms with E-state index in [4.69, 9.17) is 14.6 Å². The highest BCUT2D eigenvalue weighted by atomic mass is 16.6. The van der Waals surface area contributed by atoms with Crippen molar-refractivity contribution in [2.75, 3.05) is 18.6 Å². The molecule has 1 fully saturated rings. The minimum Gasteiger partial charge on any atom is -0.465 e. The molecule has 3 aromatic rings. The van der Waals surface area contributed by atoms with Crippen LogP contribution in [0.25, 0.3) is 16.9 Å². The molecule has 0 bridgehead atoms. The maximum absolute atomic E-state index is 12.9. The van der Waals surface area contributed by atoms with Crippen molar-refractivity contribution in [1.29, 1.82) is 0 Å². The second-order valence-electron chi connectivity index (χ2n) is 8.71. The van der Waals surface area contributed by atoms with Gasteiger partial charge in [-0.1, -0.05) is 12.1 Å². The van der Waals surface area contributed by atoms with Crippen LogP contribution in [0.5, 0.6) is 0 Å². The van der Waals surface area contributed by atoms with Gasteiger partial charge in [0, 0.05) is 12.1 Å². The maximum atomic E-state index is 12.9. The number of ether oxygens (including phenoxy) is 2. The van der Waals surface area contributed by atoms with Crippen LogP contribution >= 0.6 is 0 Å². The molecule has 1 aliphatic carbocycles. The molecule has 1 aliphatic rings. The summed E-state index contributed by atoms with van der Waals surface area (Å²) in [5.74, 6) is 0.593. The fourth-order valence-electron chi connectivity index (χ4n) is 3.24. The lowest BCUT2D eigenvalue weighted by atomic mass is 10.1. The monoisotopic (exact) mass is 422 g/mol. The number of amides is 1. The lowest BCUT2D eigenvalue weighted by Gasteiger charge is -2.26. The average molecular weight is 422 g/mol. The van der Waals surface area contributed by atoms with Gasteiger partial charge in [0.2, 0.25) is 0 Å². The first-order chi connectivity index (χ1) is 14.7. The van der Waals surface area contributed by atoms with Gasteiger partial charge < -0.3 is 9.47 Å². The largest absolute Gasteiger partial charge is 0.465 e. The van der Waals surface area contributed by atoms with Gasteiger partial charge in [-0.2, -0.15) is 0 Å². The first kappa shape index (κ1) is 20.8. The van der Waals surface area contributed by atoms with E-state index in [1.165, 1.54) is 7.11 Å². The molecule has 2 aromatic heterocycles. The Bertz CT molecular complexity index is 1110. The normalized spacial score (nSPS) is 13.8. The van der Waals surface area contributed by atoms with Gasteiger partial charge in [0.15, 0.2) is 11.5 Å². The van der Waals surface area contributed by atoms with Gasteiger partial charge in [-0.3, -0.25) is 4.90 Å². The van der Waals surface area contributed by atoms with E-state index in [-0.39, 0.29) is 0 Å². The standard InChI is InChI=1S/C23H26N4O4/c1-23(2,3)31-22(29)26(14-15-5-6-15)20-12-11-19-24-13-18(27(19)25-20)16-7-9-17(10-8-16)21(28)30-4/h7-13,15H,5-6,14H2,1-4H3. The Kier molecular flexibility index (Phi) is 5.39. The summed E-state index contributed by atoms with van der Waals surface area (Å²) in [4.78, 5) is 30.6. The van der Waals surface area contributed by atoms with Gasteiger partial charge in [-0.05, 0) is 63.8 Å². The molecule has 0 radical (unpaired) electrons. The Morgan fingerprint density at radius 1 is 1.13 bits per heavy atom. The van der Waals surface area contributed by atoms with Crippen LogP contribution in [0, 0.1) is 5.92 Å². The van der Waals surface area contributed by atoms with Crippen LogP contribution in [-0.4, -0.2) is 45.9 Å². The number of aromatic nitrogens is 3. The van der Waals surface area contributed by atoms with E-state index in [9.17, 15) is 9.59 Å². The number of methoxy groups -OCH3 is 1. The SMILES string of the molecule is COC(=O)c1ccc(-c2cnc3ccc(N(CC4CC4)C(=O)OC(C)(C)C)nn23)cc1. The Labute approximate surface area is 180 Å². The van der Waals surface area contributed by atoms with Crippen LogP contribution in [0.15, 0.2) is 42.6 Å². The van der Waals surface area contributed by atoms with E-state index >= 15 is 0 Å². The lowest BCUT2D eigenvalue weighted by Crippen LogP contribution is -2.38. The zero-order valence-corrected chi connectivity index (χ0v) is 18.2.